The lowest BCUT2D eigenvalue weighted by Crippen LogP contribution is -1.95. The molecule has 1 N–H and O–H groups in total. The largest absolute Gasteiger partial charge is 0.410 e. The van der Waals surface area contributed by atoms with Crippen LogP contribution >= 0.6 is 0 Å². The number of azide groups is 1. The van der Waals surface area contributed by atoms with Gasteiger partial charge < -0.3 is 5.21 Å². The molecule has 0 aliphatic carbocycles. The van der Waals surface area contributed by atoms with Crippen LogP contribution in [-0.4, -0.2) is 11.0 Å². The molecule has 0 atom stereocenters. The minimum atomic E-state index is -0.415. The van der Waals surface area contributed by atoms with Gasteiger partial charge in [-0.25, -0.2) is 4.39 Å². The van der Waals surface area contributed by atoms with E-state index in [9.17, 15) is 4.39 Å². The molecule has 0 saturated heterocycles. The van der Waals surface area contributed by atoms with Gasteiger partial charge in [0.2, 0.25) is 0 Å². The van der Waals surface area contributed by atoms with Crippen molar-refractivity contribution in [3.05, 3.63) is 46.1 Å². The van der Waals surface area contributed by atoms with Crippen LogP contribution in [0.1, 0.15) is 5.56 Å². The number of amidine groups is 1. The van der Waals surface area contributed by atoms with Gasteiger partial charge in [0.05, 0.1) is 0 Å². The topological polar surface area (TPSA) is 81.4 Å². The number of rotatable bonds is 1. The summed E-state index contributed by atoms with van der Waals surface area (Å²) in [5.74, 6) is -0.607. The van der Waals surface area contributed by atoms with Crippen molar-refractivity contribution in [3.63, 3.8) is 0 Å². The highest BCUT2D eigenvalue weighted by atomic mass is 19.1. The monoisotopic (exact) mass is 180 g/mol. The van der Waals surface area contributed by atoms with Crippen LogP contribution in [0.15, 0.2) is 34.5 Å². The van der Waals surface area contributed by atoms with Gasteiger partial charge in [-0.2, -0.15) is 0 Å². The van der Waals surface area contributed by atoms with Gasteiger partial charge in [-0.3, -0.25) is 0 Å². The first kappa shape index (κ1) is 9.02. The lowest BCUT2D eigenvalue weighted by Gasteiger charge is -1.95. The fraction of sp³-hybridized carbons (Fsp3) is 0. The molecule has 0 unspecified atom stereocenters. The van der Waals surface area contributed by atoms with Crippen molar-refractivity contribution < 1.29 is 9.60 Å². The summed E-state index contributed by atoms with van der Waals surface area (Å²) in [6, 6.07) is 5.04. The van der Waals surface area contributed by atoms with Gasteiger partial charge in [0.25, 0.3) is 0 Å². The number of oxime groups is 1. The van der Waals surface area contributed by atoms with E-state index in [1.807, 2.05) is 0 Å². The van der Waals surface area contributed by atoms with E-state index in [4.69, 9.17) is 10.7 Å². The zero-order valence-electron chi connectivity index (χ0n) is 6.42. The third-order valence-electron chi connectivity index (χ3n) is 1.34. The smallest absolute Gasteiger partial charge is 0.173 e. The first-order chi connectivity index (χ1) is 6.27. The molecule has 1 aromatic carbocycles. The Labute approximate surface area is 72.7 Å². The van der Waals surface area contributed by atoms with Crippen molar-refractivity contribution in [2.24, 2.45) is 10.3 Å². The van der Waals surface area contributed by atoms with Crippen LogP contribution in [0.25, 0.3) is 10.4 Å². The first-order valence-corrected chi connectivity index (χ1v) is 3.31. The second kappa shape index (κ2) is 4.08. The zero-order valence-corrected chi connectivity index (χ0v) is 6.42. The summed E-state index contributed by atoms with van der Waals surface area (Å²) in [6.45, 7) is 0. The molecule has 0 spiro atoms. The van der Waals surface area contributed by atoms with E-state index in [0.717, 1.165) is 0 Å². The van der Waals surface area contributed by atoms with Crippen LogP contribution in [0.5, 0.6) is 0 Å². The molecular formula is C7H5FN4O. The number of hydrogen-bond acceptors (Lipinski definition) is 2. The maximum atomic E-state index is 12.4. The maximum Gasteiger partial charge on any atom is 0.173 e. The van der Waals surface area contributed by atoms with E-state index < -0.39 is 5.82 Å². The average Bonchev–Trinajstić information content (AvgIpc) is 2.16. The third kappa shape index (κ3) is 2.18. The molecule has 0 aliphatic rings. The molecule has 13 heavy (non-hydrogen) atoms. The van der Waals surface area contributed by atoms with Crippen LogP contribution in [0.4, 0.5) is 4.39 Å². The normalized spacial score (nSPS) is 10.7. The van der Waals surface area contributed by atoms with E-state index >= 15 is 0 Å². The fourth-order valence-electron chi connectivity index (χ4n) is 0.777. The second-order valence-corrected chi connectivity index (χ2v) is 2.12. The van der Waals surface area contributed by atoms with Crippen LogP contribution in [0, 0.1) is 5.82 Å². The van der Waals surface area contributed by atoms with E-state index in [-0.39, 0.29) is 5.84 Å². The van der Waals surface area contributed by atoms with E-state index in [1.54, 1.807) is 0 Å². The van der Waals surface area contributed by atoms with Crippen molar-refractivity contribution >= 4 is 5.84 Å². The van der Waals surface area contributed by atoms with Gasteiger partial charge in [0, 0.05) is 10.5 Å². The summed E-state index contributed by atoms with van der Waals surface area (Å²) >= 11 is 0. The molecule has 0 fully saturated rings. The van der Waals surface area contributed by atoms with Crippen LogP contribution in [-0.2, 0) is 0 Å². The summed E-state index contributed by atoms with van der Waals surface area (Å²) in [4.78, 5) is 2.45. The molecular weight excluding hydrogens is 175 g/mol. The van der Waals surface area contributed by atoms with Gasteiger partial charge in [-0.1, -0.05) is 5.16 Å². The molecule has 0 bridgehead atoms. The molecule has 1 aromatic rings. The standard InChI is InChI=1S/C7H5FN4O/c8-6-3-1-5(2-4-6)7(11-13)10-12-9/h1-4,13H/b11-7+. The van der Waals surface area contributed by atoms with Crippen molar-refractivity contribution in [2.45, 2.75) is 0 Å². The Morgan fingerprint density at radius 3 is 2.46 bits per heavy atom. The Balaban J connectivity index is 3.07. The Hall–Kier alpha value is -2.07. The third-order valence-corrected chi connectivity index (χ3v) is 1.34. The lowest BCUT2D eigenvalue weighted by molar-refractivity contribution is 0.318. The highest BCUT2D eigenvalue weighted by molar-refractivity contribution is 5.98. The molecule has 0 amide bonds. The average molecular weight is 180 g/mol. The molecule has 0 heterocycles. The minimum absolute atomic E-state index is 0.192. The first-order valence-electron chi connectivity index (χ1n) is 3.31. The van der Waals surface area contributed by atoms with Crippen molar-refractivity contribution in [3.8, 4) is 0 Å². The molecule has 0 saturated carbocycles. The predicted molar refractivity (Wildman–Crippen MR) is 43.9 cm³/mol. The Kier molecular flexibility index (Phi) is 2.83. The quantitative estimate of drug-likeness (QED) is 0.134. The molecule has 5 nitrogen and oxygen atoms in total. The van der Waals surface area contributed by atoms with Crippen molar-refractivity contribution in [1.29, 1.82) is 0 Å². The van der Waals surface area contributed by atoms with Gasteiger partial charge in [-0.15, -0.1) is 0 Å². The van der Waals surface area contributed by atoms with E-state index in [2.05, 4.69) is 15.2 Å². The van der Waals surface area contributed by atoms with E-state index in [0.29, 0.717) is 5.56 Å². The number of hydrogen-bond donors (Lipinski definition) is 1. The van der Waals surface area contributed by atoms with Crippen molar-refractivity contribution in [2.75, 3.05) is 0 Å². The summed E-state index contributed by atoms with van der Waals surface area (Å²) in [7, 11) is 0. The SMILES string of the molecule is [N-]=[N+]=N/C(=N/O)c1ccc(F)cc1. The number of benzene rings is 1. The lowest BCUT2D eigenvalue weighted by atomic mass is 10.2. The summed E-state index contributed by atoms with van der Waals surface area (Å²) in [5, 5.41) is 14.3. The molecule has 66 valence electrons. The summed E-state index contributed by atoms with van der Waals surface area (Å²) in [6.07, 6.45) is 0. The zero-order chi connectivity index (χ0) is 9.68. The number of nitrogens with zero attached hydrogens (tertiary/aromatic N) is 4. The Bertz CT molecular complexity index is 367. The van der Waals surface area contributed by atoms with Crippen LogP contribution in [0.2, 0.25) is 0 Å². The van der Waals surface area contributed by atoms with Gasteiger partial charge >= 0.3 is 0 Å². The second-order valence-electron chi connectivity index (χ2n) is 2.12. The summed E-state index contributed by atoms with van der Waals surface area (Å²) < 4.78 is 12.4. The highest BCUT2D eigenvalue weighted by Crippen LogP contribution is 2.05. The van der Waals surface area contributed by atoms with Crippen molar-refractivity contribution in [1.82, 2.24) is 0 Å². The van der Waals surface area contributed by atoms with Crippen LogP contribution < -0.4 is 0 Å². The molecule has 0 aromatic heterocycles. The maximum absolute atomic E-state index is 12.4. The Morgan fingerprint density at radius 1 is 1.38 bits per heavy atom. The Morgan fingerprint density at radius 2 is 2.00 bits per heavy atom. The molecule has 0 aliphatic heterocycles. The predicted octanol–water partition coefficient (Wildman–Crippen LogP) is 2.27. The highest BCUT2D eigenvalue weighted by Gasteiger charge is 2.00. The molecule has 1 rings (SSSR count). The molecule has 6 heteroatoms. The number of halogens is 1. The van der Waals surface area contributed by atoms with E-state index in [1.165, 1.54) is 24.3 Å². The fourth-order valence-corrected chi connectivity index (χ4v) is 0.777. The van der Waals surface area contributed by atoms with Crippen LogP contribution in [0.3, 0.4) is 0 Å². The van der Waals surface area contributed by atoms with Gasteiger partial charge in [0.1, 0.15) is 5.82 Å². The minimum Gasteiger partial charge on any atom is -0.410 e. The summed E-state index contributed by atoms with van der Waals surface area (Å²) in [5.41, 5.74) is 8.42. The van der Waals surface area contributed by atoms with Gasteiger partial charge in [0.15, 0.2) is 5.84 Å². The molecule has 0 radical (unpaired) electrons. The van der Waals surface area contributed by atoms with Gasteiger partial charge in [-0.05, 0) is 34.9 Å².